The third kappa shape index (κ3) is 6.80. The SMILES string of the molecule is CCOC(=O)COc1ccc(Sc2ccccc2N(CC(=O)OCC)c2ccnc3nc(C)ccc23)cc1. The van der Waals surface area contributed by atoms with Crippen molar-refractivity contribution in [1.82, 2.24) is 9.97 Å². The Morgan fingerprint density at radius 1 is 0.868 bits per heavy atom. The fourth-order valence-corrected chi connectivity index (χ4v) is 4.78. The van der Waals surface area contributed by atoms with Crippen LogP contribution in [-0.2, 0) is 19.1 Å². The van der Waals surface area contributed by atoms with Crippen molar-refractivity contribution in [3.05, 3.63) is 78.6 Å². The number of rotatable bonds is 11. The summed E-state index contributed by atoms with van der Waals surface area (Å²) in [6.45, 7) is 5.97. The van der Waals surface area contributed by atoms with Crippen LogP contribution >= 0.6 is 11.8 Å². The van der Waals surface area contributed by atoms with Gasteiger partial charge in [0.25, 0.3) is 0 Å². The van der Waals surface area contributed by atoms with E-state index >= 15 is 0 Å². The molecule has 38 heavy (non-hydrogen) atoms. The molecule has 0 aliphatic carbocycles. The van der Waals surface area contributed by atoms with Gasteiger partial charge in [-0.2, -0.15) is 0 Å². The fourth-order valence-electron chi connectivity index (χ4n) is 3.82. The lowest BCUT2D eigenvalue weighted by Crippen LogP contribution is -2.27. The lowest BCUT2D eigenvalue weighted by Gasteiger charge is -2.27. The van der Waals surface area contributed by atoms with Crippen LogP contribution in [0.1, 0.15) is 19.5 Å². The van der Waals surface area contributed by atoms with Crippen molar-refractivity contribution < 1.29 is 23.8 Å². The third-order valence-corrected chi connectivity index (χ3v) is 6.55. The van der Waals surface area contributed by atoms with E-state index < -0.39 is 5.97 Å². The summed E-state index contributed by atoms with van der Waals surface area (Å²) in [7, 11) is 0. The van der Waals surface area contributed by atoms with E-state index in [-0.39, 0.29) is 19.1 Å². The number of esters is 2. The van der Waals surface area contributed by atoms with Crippen molar-refractivity contribution in [3.8, 4) is 5.75 Å². The molecule has 2 heterocycles. The Morgan fingerprint density at radius 3 is 2.37 bits per heavy atom. The summed E-state index contributed by atoms with van der Waals surface area (Å²) in [5.74, 6) is -0.165. The van der Waals surface area contributed by atoms with Gasteiger partial charge in [0, 0.05) is 27.1 Å². The van der Waals surface area contributed by atoms with Gasteiger partial charge in [-0.3, -0.25) is 4.79 Å². The molecular weight excluding hydrogens is 502 g/mol. The molecule has 0 N–H and O–H groups in total. The van der Waals surface area contributed by atoms with Crippen molar-refractivity contribution >= 4 is 46.1 Å². The van der Waals surface area contributed by atoms with Crippen molar-refractivity contribution in [1.29, 1.82) is 0 Å². The Labute approximate surface area is 225 Å². The van der Waals surface area contributed by atoms with E-state index in [1.165, 1.54) is 0 Å². The number of ether oxygens (including phenoxy) is 3. The molecule has 0 aliphatic heterocycles. The number of anilines is 2. The third-order valence-electron chi connectivity index (χ3n) is 5.47. The maximum absolute atomic E-state index is 12.7. The average molecular weight is 532 g/mol. The standard InChI is InChI=1S/C29H29N3O5S/c1-4-35-27(33)18-32(24-16-17-30-29-23(24)15-10-20(3)31-29)25-8-6-7-9-26(25)38-22-13-11-21(12-14-22)37-19-28(34)36-5-2/h6-17H,4-5,18-19H2,1-3H3. The first-order chi connectivity index (χ1) is 18.5. The van der Waals surface area contributed by atoms with Gasteiger partial charge in [-0.05, 0) is 75.4 Å². The zero-order valence-corrected chi connectivity index (χ0v) is 22.4. The Balaban J connectivity index is 1.65. The number of carbonyl (C=O) groups excluding carboxylic acids is 2. The topological polar surface area (TPSA) is 90.9 Å². The minimum absolute atomic E-state index is 0.0268. The molecule has 0 fully saturated rings. The number of para-hydroxylation sites is 1. The van der Waals surface area contributed by atoms with Gasteiger partial charge in [-0.1, -0.05) is 23.9 Å². The van der Waals surface area contributed by atoms with E-state index in [1.54, 1.807) is 31.8 Å². The zero-order chi connectivity index (χ0) is 26.9. The molecule has 0 amide bonds. The quantitative estimate of drug-likeness (QED) is 0.225. The largest absolute Gasteiger partial charge is 0.482 e. The van der Waals surface area contributed by atoms with Crippen molar-refractivity contribution in [2.24, 2.45) is 0 Å². The summed E-state index contributed by atoms with van der Waals surface area (Å²) in [6.07, 6.45) is 1.70. The molecule has 0 unspecified atom stereocenters. The average Bonchev–Trinajstić information content (AvgIpc) is 2.92. The number of aromatic nitrogens is 2. The molecular formula is C29H29N3O5S. The Morgan fingerprint density at radius 2 is 1.61 bits per heavy atom. The van der Waals surface area contributed by atoms with Crippen molar-refractivity contribution in [2.75, 3.05) is 31.3 Å². The molecule has 2 aromatic carbocycles. The number of benzene rings is 2. The van der Waals surface area contributed by atoms with Gasteiger partial charge >= 0.3 is 11.9 Å². The molecule has 8 nitrogen and oxygen atoms in total. The predicted molar refractivity (Wildman–Crippen MR) is 147 cm³/mol. The van der Waals surface area contributed by atoms with Crippen molar-refractivity contribution in [2.45, 2.75) is 30.6 Å². The number of hydrogen-bond donors (Lipinski definition) is 0. The maximum atomic E-state index is 12.7. The summed E-state index contributed by atoms with van der Waals surface area (Å²) < 4.78 is 15.7. The normalized spacial score (nSPS) is 10.7. The minimum Gasteiger partial charge on any atom is -0.482 e. The van der Waals surface area contributed by atoms with Gasteiger partial charge in [0.05, 0.1) is 24.6 Å². The molecule has 9 heteroatoms. The minimum atomic E-state index is -0.407. The van der Waals surface area contributed by atoms with Crippen LogP contribution in [-0.4, -0.2) is 48.3 Å². The first-order valence-electron chi connectivity index (χ1n) is 12.3. The highest BCUT2D eigenvalue weighted by atomic mass is 32.2. The molecule has 0 saturated carbocycles. The second-order valence-corrected chi connectivity index (χ2v) is 9.30. The van der Waals surface area contributed by atoms with E-state index in [0.29, 0.717) is 24.6 Å². The smallest absolute Gasteiger partial charge is 0.344 e. The first-order valence-corrected chi connectivity index (χ1v) is 13.1. The summed E-state index contributed by atoms with van der Waals surface area (Å²) in [6, 6.07) is 21.1. The van der Waals surface area contributed by atoms with E-state index in [1.807, 2.05) is 78.6 Å². The molecule has 2 aromatic heterocycles. The van der Waals surface area contributed by atoms with Crippen LogP contribution in [0.25, 0.3) is 11.0 Å². The van der Waals surface area contributed by atoms with Gasteiger partial charge in [-0.25, -0.2) is 14.8 Å². The number of pyridine rings is 2. The Hall–Kier alpha value is -4.11. The van der Waals surface area contributed by atoms with Gasteiger partial charge in [0.1, 0.15) is 12.3 Å². The molecule has 0 bridgehead atoms. The number of nitrogens with zero attached hydrogens (tertiary/aromatic N) is 3. The van der Waals surface area contributed by atoms with Crippen LogP contribution in [0.2, 0.25) is 0 Å². The van der Waals surface area contributed by atoms with Crippen LogP contribution in [0.3, 0.4) is 0 Å². The van der Waals surface area contributed by atoms with E-state index in [2.05, 4.69) is 9.97 Å². The molecule has 0 radical (unpaired) electrons. The second kappa shape index (κ2) is 12.9. The van der Waals surface area contributed by atoms with Crippen molar-refractivity contribution in [3.63, 3.8) is 0 Å². The number of carbonyl (C=O) groups is 2. The molecule has 4 rings (SSSR count). The first kappa shape index (κ1) is 26.9. The van der Waals surface area contributed by atoms with Crippen LogP contribution in [0.5, 0.6) is 5.75 Å². The summed E-state index contributed by atoms with van der Waals surface area (Å²) in [5.41, 5.74) is 3.14. The summed E-state index contributed by atoms with van der Waals surface area (Å²) >= 11 is 1.55. The van der Waals surface area contributed by atoms with Gasteiger partial charge in [0.15, 0.2) is 12.3 Å². The highest BCUT2D eigenvalue weighted by molar-refractivity contribution is 7.99. The predicted octanol–water partition coefficient (Wildman–Crippen LogP) is 5.73. The molecule has 0 saturated heterocycles. The van der Waals surface area contributed by atoms with Gasteiger partial charge in [0.2, 0.25) is 0 Å². The van der Waals surface area contributed by atoms with E-state index in [9.17, 15) is 9.59 Å². The van der Waals surface area contributed by atoms with Crippen LogP contribution in [0.4, 0.5) is 11.4 Å². The Bertz CT molecular complexity index is 1410. The number of hydrogen-bond acceptors (Lipinski definition) is 9. The Kier molecular flexibility index (Phi) is 9.16. The summed E-state index contributed by atoms with van der Waals surface area (Å²) in [4.78, 5) is 37.1. The lowest BCUT2D eigenvalue weighted by atomic mass is 10.2. The van der Waals surface area contributed by atoms with Gasteiger partial charge in [-0.15, -0.1) is 0 Å². The molecule has 4 aromatic rings. The second-order valence-electron chi connectivity index (χ2n) is 8.18. The van der Waals surface area contributed by atoms with E-state index in [0.717, 1.165) is 32.2 Å². The number of fused-ring (bicyclic) bond motifs is 1. The molecule has 196 valence electrons. The molecule has 0 aliphatic rings. The lowest BCUT2D eigenvalue weighted by molar-refractivity contribution is -0.145. The highest BCUT2D eigenvalue weighted by Crippen LogP contribution is 2.40. The molecule has 0 atom stereocenters. The molecule has 0 spiro atoms. The summed E-state index contributed by atoms with van der Waals surface area (Å²) in [5, 5.41) is 0.838. The van der Waals surface area contributed by atoms with Crippen LogP contribution < -0.4 is 9.64 Å². The van der Waals surface area contributed by atoms with Crippen LogP contribution in [0.15, 0.2) is 82.7 Å². The number of aryl methyl sites for hydroxylation is 1. The van der Waals surface area contributed by atoms with Gasteiger partial charge < -0.3 is 19.1 Å². The fraction of sp³-hybridized carbons (Fsp3) is 0.241. The maximum Gasteiger partial charge on any atom is 0.344 e. The monoisotopic (exact) mass is 531 g/mol. The zero-order valence-electron chi connectivity index (χ0n) is 21.5. The van der Waals surface area contributed by atoms with E-state index in [4.69, 9.17) is 14.2 Å². The highest BCUT2D eigenvalue weighted by Gasteiger charge is 2.21. The van der Waals surface area contributed by atoms with Crippen LogP contribution in [0, 0.1) is 6.92 Å².